The maximum absolute atomic E-state index is 13.7. The molecule has 0 fully saturated rings. The van der Waals surface area contributed by atoms with Crippen LogP contribution in [0, 0.1) is 17.5 Å². The minimum atomic E-state index is -1.01. The lowest BCUT2D eigenvalue weighted by Crippen LogP contribution is -2.25. The second-order valence-corrected chi connectivity index (χ2v) is 7.73. The molecule has 0 aliphatic carbocycles. The zero-order chi connectivity index (χ0) is 18.1. The number of nitrogens with zero attached hydrogens (tertiary/aromatic N) is 1. The third-order valence-electron chi connectivity index (χ3n) is 4.56. The summed E-state index contributed by atoms with van der Waals surface area (Å²) in [6.45, 7) is 7.94. The lowest BCUT2D eigenvalue weighted by Gasteiger charge is -2.32. The molecule has 0 atom stereocenters. The van der Waals surface area contributed by atoms with Gasteiger partial charge in [0.2, 0.25) is 0 Å². The first-order valence-corrected chi connectivity index (χ1v) is 8.18. The lowest BCUT2D eigenvalue weighted by molar-refractivity contribution is 0.366. The van der Waals surface area contributed by atoms with E-state index in [1.807, 2.05) is 27.7 Å². The van der Waals surface area contributed by atoms with Gasteiger partial charge in [0.05, 0.1) is 11.2 Å². The summed E-state index contributed by atoms with van der Waals surface area (Å²) in [4.78, 5) is 4.16. The van der Waals surface area contributed by atoms with Crippen LogP contribution in [0.2, 0.25) is 5.02 Å². The monoisotopic (exact) mass is 355 g/mol. The maximum Gasteiger partial charge on any atom is 0.177 e. The number of hydrogen-bond donors (Lipinski definition) is 0. The van der Waals surface area contributed by atoms with Crippen molar-refractivity contribution in [2.24, 2.45) is 0 Å². The van der Waals surface area contributed by atoms with Crippen LogP contribution in [-0.2, 0) is 10.8 Å². The highest BCUT2D eigenvalue weighted by Gasteiger charge is 2.30. The van der Waals surface area contributed by atoms with Crippen LogP contribution in [-0.4, -0.2) is 4.98 Å². The molecule has 0 bridgehead atoms. The predicted octanol–water partition coefficient (Wildman–Crippen LogP) is 6.19. The lowest BCUT2D eigenvalue weighted by atomic mass is 9.74. The van der Waals surface area contributed by atoms with Crippen LogP contribution < -0.4 is 0 Å². The molecule has 0 radical (unpaired) electrons. The van der Waals surface area contributed by atoms with Gasteiger partial charge in [-0.1, -0.05) is 45.4 Å². The van der Waals surface area contributed by atoms with Crippen LogP contribution in [0.4, 0.5) is 13.2 Å². The summed E-state index contributed by atoms with van der Waals surface area (Å²) in [6.07, 6.45) is 2.62. The van der Waals surface area contributed by atoms with Gasteiger partial charge in [-0.15, -0.1) is 0 Å². The summed E-state index contributed by atoms with van der Waals surface area (Å²) in [6, 6.07) is 5.70. The highest BCUT2D eigenvalue weighted by atomic mass is 35.5. The molecule has 1 nitrogen and oxygen atoms in total. The Morgan fingerprint density at radius 3 is 2.12 bits per heavy atom. The van der Waals surface area contributed by atoms with E-state index in [-0.39, 0.29) is 16.3 Å². The summed E-state index contributed by atoms with van der Waals surface area (Å²) in [5.74, 6) is -2.33. The smallest absolute Gasteiger partial charge is 0.177 e. The van der Waals surface area contributed by atoms with Crippen LogP contribution in [0.3, 0.4) is 0 Å². The van der Waals surface area contributed by atoms with Crippen molar-refractivity contribution in [2.75, 3.05) is 0 Å². The molecule has 2 aromatic rings. The molecule has 0 saturated carbocycles. The van der Waals surface area contributed by atoms with Crippen molar-refractivity contribution in [1.29, 1.82) is 0 Å². The normalized spacial score (nSPS) is 12.5. The fourth-order valence-corrected chi connectivity index (χ4v) is 3.12. The van der Waals surface area contributed by atoms with Gasteiger partial charge in [-0.3, -0.25) is 4.98 Å². The van der Waals surface area contributed by atoms with Gasteiger partial charge in [-0.05, 0) is 42.0 Å². The van der Waals surface area contributed by atoms with E-state index in [1.165, 1.54) is 18.3 Å². The van der Waals surface area contributed by atoms with E-state index in [4.69, 9.17) is 11.6 Å². The fraction of sp³-hybridized carbons (Fsp3) is 0.421. The van der Waals surface area contributed by atoms with Crippen LogP contribution in [0.1, 0.15) is 51.8 Å². The Labute approximate surface area is 145 Å². The number of pyridine rings is 1. The molecule has 1 aromatic heterocycles. The standard InChI is InChI=1S/C19H21ClF3N/c1-18(2,13-6-7-14(22)17(23)16(13)20)9-10-19(3,4)15-8-5-12(21)11-24-15/h5-8,11H,9-10H2,1-4H3. The van der Waals surface area contributed by atoms with Gasteiger partial charge >= 0.3 is 0 Å². The molecule has 0 N–H and O–H groups in total. The average molecular weight is 356 g/mol. The summed E-state index contributed by atoms with van der Waals surface area (Å²) in [7, 11) is 0. The highest BCUT2D eigenvalue weighted by molar-refractivity contribution is 6.31. The highest BCUT2D eigenvalue weighted by Crippen LogP contribution is 2.39. The summed E-state index contributed by atoms with van der Waals surface area (Å²) >= 11 is 6.00. The zero-order valence-electron chi connectivity index (χ0n) is 14.3. The minimum absolute atomic E-state index is 0.169. The van der Waals surface area contributed by atoms with Crippen LogP contribution >= 0.6 is 11.6 Å². The minimum Gasteiger partial charge on any atom is -0.258 e. The van der Waals surface area contributed by atoms with Crippen molar-refractivity contribution in [3.63, 3.8) is 0 Å². The molecule has 0 saturated heterocycles. The Bertz CT molecular complexity index is 724. The summed E-state index contributed by atoms with van der Waals surface area (Å²) < 4.78 is 40.1. The maximum atomic E-state index is 13.7. The number of aromatic nitrogens is 1. The van der Waals surface area contributed by atoms with Gasteiger partial charge in [0.25, 0.3) is 0 Å². The number of benzene rings is 1. The number of hydrogen-bond acceptors (Lipinski definition) is 1. The van der Waals surface area contributed by atoms with Crippen molar-refractivity contribution in [3.8, 4) is 0 Å². The van der Waals surface area contributed by atoms with E-state index in [0.29, 0.717) is 12.0 Å². The van der Waals surface area contributed by atoms with E-state index in [9.17, 15) is 13.2 Å². The van der Waals surface area contributed by atoms with Crippen molar-refractivity contribution < 1.29 is 13.2 Å². The predicted molar refractivity (Wildman–Crippen MR) is 90.8 cm³/mol. The summed E-state index contributed by atoms with van der Waals surface area (Å²) in [5.41, 5.74) is 0.640. The zero-order valence-corrected chi connectivity index (χ0v) is 15.0. The van der Waals surface area contributed by atoms with Gasteiger partial charge in [0.1, 0.15) is 5.82 Å². The second kappa shape index (κ2) is 6.75. The van der Waals surface area contributed by atoms with Crippen molar-refractivity contribution in [1.82, 2.24) is 4.98 Å². The molecule has 2 rings (SSSR count). The van der Waals surface area contributed by atoms with E-state index >= 15 is 0 Å². The van der Waals surface area contributed by atoms with Crippen LogP contribution in [0.25, 0.3) is 0 Å². The van der Waals surface area contributed by atoms with Gasteiger partial charge in [0, 0.05) is 11.1 Å². The first-order valence-electron chi connectivity index (χ1n) is 7.80. The molecule has 0 amide bonds. The summed E-state index contributed by atoms with van der Waals surface area (Å²) in [5, 5.41) is -0.169. The molecule has 0 aliphatic rings. The molecule has 0 spiro atoms. The van der Waals surface area contributed by atoms with Crippen LogP contribution in [0.15, 0.2) is 30.5 Å². The molecule has 5 heteroatoms. The van der Waals surface area contributed by atoms with E-state index in [2.05, 4.69) is 4.98 Å². The second-order valence-electron chi connectivity index (χ2n) is 7.35. The number of rotatable bonds is 5. The van der Waals surface area contributed by atoms with Gasteiger partial charge < -0.3 is 0 Å². The van der Waals surface area contributed by atoms with E-state index in [0.717, 1.165) is 18.2 Å². The van der Waals surface area contributed by atoms with Crippen molar-refractivity contribution in [2.45, 2.75) is 51.4 Å². The van der Waals surface area contributed by atoms with Crippen molar-refractivity contribution in [3.05, 3.63) is 64.2 Å². The molecule has 24 heavy (non-hydrogen) atoms. The molecular weight excluding hydrogens is 335 g/mol. The molecule has 0 unspecified atom stereocenters. The largest absolute Gasteiger partial charge is 0.258 e. The Hall–Kier alpha value is -1.55. The Morgan fingerprint density at radius 1 is 0.917 bits per heavy atom. The molecule has 1 heterocycles. The Kier molecular flexibility index (Phi) is 5.28. The van der Waals surface area contributed by atoms with E-state index in [1.54, 1.807) is 6.07 Å². The molecule has 1 aromatic carbocycles. The first-order chi connectivity index (χ1) is 11.0. The fourth-order valence-electron chi connectivity index (χ4n) is 2.71. The Morgan fingerprint density at radius 2 is 1.54 bits per heavy atom. The molecule has 130 valence electrons. The number of halogens is 4. The average Bonchev–Trinajstić information content (AvgIpc) is 2.51. The SMILES string of the molecule is CC(C)(CCC(C)(C)c1ccc(F)c(F)c1Cl)c1ccc(F)cn1. The van der Waals surface area contributed by atoms with Gasteiger partial charge in [-0.25, -0.2) is 13.2 Å². The third-order valence-corrected chi connectivity index (χ3v) is 4.93. The first kappa shape index (κ1) is 18.8. The quantitative estimate of drug-likeness (QED) is 0.583. The van der Waals surface area contributed by atoms with Gasteiger partial charge in [-0.2, -0.15) is 0 Å². The van der Waals surface area contributed by atoms with Crippen molar-refractivity contribution >= 4 is 11.6 Å². The van der Waals surface area contributed by atoms with Gasteiger partial charge in [0.15, 0.2) is 11.6 Å². The Balaban J connectivity index is 2.20. The van der Waals surface area contributed by atoms with E-state index < -0.39 is 17.0 Å². The molecule has 0 aliphatic heterocycles. The molecular formula is C19H21ClF3N. The third kappa shape index (κ3) is 3.92. The van der Waals surface area contributed by atoms with Crippen LogP contribution in [0.5, 0.6) is 0 Å². The topological polar surface area (TPSA) is 12.9 Å².